The van der Waals surface area contributed by atoms with Crippen LogP contribution in [0.1, 0.15) is 40.2 Å². The molecule has 1 saturated heterocycles. The van der Waals surface area contributed by atoms with E-state index in [4.69, 9.17) is 0 Å². The Bertz CT molecular complexity index is 683. The summed E-state index contributed by atoms with van der Waals surface area (Å²) in [6.45, 7) is 11.2. The fraction of sp³-hybridized carbons (Fsp3) is 0.579. The summed E-state index contributed by atoms with van der Waals surface area (Å²) >= 11 is 0. The maximum Gasteiger partial charge on any atom is 0.326 e. The van der Waals surface area contributed by atoms with Gasteiger partial charge in [-0.05, 0) is 37.0 Å². The number of nitrogens with one attached hydrogen (secondary N) is 1. The van der Waals surface area contributed by atoms with E-state index >= 15 is 0 Å². The number of hydrogen-bond donors (Lipinski definition) is 1. The molecule has 1 aromatic carbocycles. The third kappa shape index (κ3) is 4.20. The number of amides is 3. The molecule has 2 rings (SSSR count). The van der Waals surface area contributed by atoms with Crippen molar-refractivity contribution in [1.82, 2.24) is 15.1 Å². The zero-order valence-electron chi connectivity index (χ0n) is 16.0. The van der Waals surface area contributed by atoms with Crippen LogP contribution >= 0.6 is 0 Å². The molecular weight excluding hydrogens is 340 g/mol. The van der Waals surface area contributed by atoms with Crippen molar-refractivity contribution in [1.29, 1.82) is 0 Å². The molecule has 7 heteroatoms. The second-order valence-electron chi connectivity index (χ2n) is 7.88. The highest BCUT2D eigenvalue weighted by Gasteiger charge is 2.50. The molecule has 3 amide bonds. The van der Waals surface area contributed by atoms with Crippen LogP contribution in [0, 0.1) is 23.5 Å². The van der Waals surface area contributed by atoms with Crippen LogP contribution in [-0.2, 0) is 10.3 Å². The number of urea groups is 1. The van der Waals surface area contributed by atoms with Crippen molar-refractivity contribution in [3.8, 4) is 0 Å². The van der Waals surface area contributed by atoms with E-state index < -0.39 is 29.1 Å². The lowest BCUT2D eigenvalue weighted by Gasteiger charge is -2.29. The Balaban J connectivity index is 2.28. The Morgan fingerprint density at radius 2 is 1.69 bits per heavy atom. The molecule has 1 heterocycles. The lowest BCUT2D eigenvalue weighted by Crippen LogP contribution is -2.46. The van der Waals surface area contributed by atoms with Crippen molar-refractivity contribution >= 4 is 11.9 Å². The third-order valence-corrected chi connectivity index (χ3v) is 4.33. The second kappa shape index (κ2) is 7.70. The lowest BCUT2D eigenvalue weighted by molar-refractivity contribution is -0.132. The van der Waals surface area contributed by atoms with E-state index in [1.54, 1.807) is 0 Å². The first-order chi connectivity index (χ1) is 12.0. The minimum atomic E-state index is -1.62. The largest absolute Gasteiger partial charge is 0.326 e. The van der Waals surface area contributed by atoms with Gasteiger partial charge >= 0.3 is 6.03 Å². The van der Waals surface area contributed by atoms with E-state index in [-0.39, 0.29) is 12.2 Å². The van der Waals surface area contributed by atoms with Crippen LogP contribution < -0.4 is 5.32 Å². The summed E-state index contributed by atoms with van der Waals surface area (Å²) in [6, 6.07) is 2.30. The van der Waals surface area contributed by atoms with Gasteiger partial charge in [0.1, 0.15) is 17.2 Å². The van der Waals surface area contributed by atoms with Crippen molar-refractivity contribution in [3.05, 3.63) is 35.4 Å². The fourth-order valence-electron chi connectivity index (χ4n) is 3.31. The monoisotopic (exact) mass is 367 g/mol. The number of nitrogens with zero attached hydrogens (tertiary/aromatic N) is 2. The van der Waals surface area contributed by atoms with Gasteiger partial charge < -0.3 is 5.32 Å². The van der Waals surface area contributed by atoms with E-state index in [0.717, 1.165) is 36.2 Å². The quantitative estimate of drug-likeness (QED) is 0.753. The molecule has 0 radical (unpaired) electrons. The van der Waals surface area contributed by atoms with Gasteiger partial charge in [0.2, 0.25) is 0 Å². The highest BCUT2D eigenvalue weighted by atomic mass is 19.1. The number of carbonyl (C=O) groups excluding carboxylic acids is 2. The minimum Gasteiger partial charge on any atom is -0.319 e. The molecule has 0 aliphatic carbocycles. The predicted molar refractivity (Wildman–Crippen MR) is 95.2 cm³/mol. The van der Waals surface area contributed by atoms with Gasteiger partial charge in [-0.2, -0.15) is 0 Å². The van der Waals surface area contributed by atoms with Crippen LogP contribution in [0.2, 0.25) is 0 Å². The Morgan fingerprint density at radius 3 is 2.23 bits per heavy atom. The SMILES string of the molecule is CC(C)CN(CC(C)C)CN1C(=O)N[C@](C)(c2cc(F)ccc2F)C1=O. The number of hydrogen-bond acceptors (Lipinski definition) is 3. The highest BCUT2D eigenvalue weighted by molar-refractivity contribution is 6.07. The molecule has 0 spiro atoms. The normalized spacial score (nSPS) is 20.6. The molecule has 5 nitrogen and oxygen atoms in total. The predicted octanol–water partition coefficient (Wildman–Crippen LogP) is 3.30. The van der Waals surface area contributed by atoms with Crippen LogP contribution in [0.3, 0.4) is 0 Å². The van der Waals surface area contributed by atoms with E-state index in [9.17, 15) is 18.4 Å². The Hall–Kier alpha value is -2.02. The molecule has 1 fully saturated rings. The van der Waals surface area contributed by atoms with Crippen molar-refractivity contribution in [2.24, 2.45) is 11.8 Å². The molecule has 1 aliphatic rings. The van der Waals surface area contributed by atoms with Gasteiger partial charge in [0.25, 0.3) is 5.91 Å². The van der Waals surface area contributed by atoms with Crippen molar-refractivity contribution in [2.75, 3.05) is 19.8 Å². The highest BCUT2D eigenvalue weighted by Crippen LogP contribution is 2.31. The third-order valence-electron chi connectivity index (χ3n) is 4.33. The molecular formula is C19H27F2N3O2. The van der Waals surface area contributed by atoms with Gasteiger partial charge in [-0.3, -0.25) is 9.69 Å². The van der Waals surface area contributed by atoms with Gasteiger partial charge in [0.05, 0.1) is 6.67 Å². The molecule has 1 aromatic rings. The van der Waals surface area contributed by atoms with E-state index in [0.29, 0.717) is 11.8 Å². The second-order valence-corrected chi connectivity index (χ2v) is 7.88. The standard InChI is InChI=1S/C19H27F2N3O2/c1-12(2)9-23(10-13(3)4)11-24-17(25)19(5,22-18(24)26)15-8-14(20)6-7-16(15)21/h6-8,12-13H,9-11H2,1-5H3,(H,22,26)/t19-/m1/s1. The zero-order chi connectivity index (χ0) is 19.6. The number of rotatable bonds is 7. The molecule has 26 heavy (non-hydrogen) atoms. The van der Waals surface area contributed by atoms with Gasteiger partial charge in [0, 0.05) is 18.7 Å². The summed E-state index contributed by atoms with van der Waals surface area (Å²) in [7, 11) is 0. The van der Waals surface area contributed by atoms with Crippen LogP contribution in [-0.4, -0.2) is 41.5 Å². The first-order valence-corrected chi connectivity index (χ1v) is 8.86. The minimum absolute atomic E-state index is 0.119. The maximum absolute atomic E-state index is 14.2. The van der Waals surface area contributed by atoms with Crippen molar-refractivity contribution in [3.63, 3.8) is 0 Å². The zero-order valence-corrected chi connectivity index (χ0v) is 16.0. The summed E-state index contributed by atoms with van der Waals surface area (Å²) in [5, 5.41) is 2.53. The first kappa shape index (κ1) is 20.3. The molecule has 0 aromatic heterocycles. The fourth-order valence-corrected chi connectivity index (χ4v) is 3.31. The topological polar surface area (TPSA) is 52.6 Å². The van der Waals surface area contributed by atoms with E-state index in [1.165, 1.54) is 6.92 Å². The van der Waals surface area contributed by atoms with Crippen LogP contribution in [0.15, 0.2) is 18.2 Å². The van der Waals surface area contributed by atoms with Gasteiger partial charge in [-0.25, -0.2) is 18.5 Å². The molecule has 1 N–H and O–H groups in total. The van der Waals surface area contributed by atoms with E-state index in [2.05, 4.69) is 33.0 Å². The van der Waals surface area contributed by atoms with Gasteiger partial charge in [-0.15, -0.1) is 0 Å². The van der Waals surface area contributed by atoms with Crippen molar-refractivity contribution < 1.29 is 18.4 Å². The maximum atomic E-state index is 14.2. The Morgan fingerprint density at radius 1 is 1.12 bits per heavy atom. The average Bonchev–Trinajstić information content (AvgIpc) is 2.72. The van der Waals surface area contributed by atoms with Crippen LogP contribution in [0.25, 0.3) is 0 Å². The molecule has 0 saturated carbocycles. The van der Waals surface area contributed by atoms with Crippen LogP contribution in [0.4, 0.5) is 13.6 Å². The summed E-state index contributed by atoms with van der Waals surface area (Å²) in [5.74, 6) is -1.25. The number of imide groups is 1. The molecule has 1 atom stereocenters. The number of carbonyl (C=O) groups is 2. The number of benzene rings is 1. The summed E-state index contributed by atoms with van der Waals surface area (Å²) in [6.07, 6.45) is 0. The summed E-state index contributed by atoms with van der Waals surface area (Å²) in [5.41, 5.74) is -1.79. The smallest absolute Gasteiger partial charge is 0.319 e. The molecule has 1 aliphatic heterocycles. The summed E-state index contributed by atoms with van der Waals surface area (Å²) in [4.78, 5) is 28.5. The summed E-state index contributed by atoms with van der Waals surface area (Å²) < 4.78 is 27.8. The molecule has 0 unspecified atom stereocenters. The van der Waals surface area contributed by atoms with Crippen LogP contribution in [0.5, 0.6) is 0 Å². The lowest BCUT2D eigenvalue weighted by atomic mass is 9.91. The van der Waals surface area contributed by atoms with E-state index in [1.807, 2.05) is 4.90 Å². The first-order valence-electron chi connectivity index (χ1n) is 8.86. The molecule has 144 valence electrons. The van der Waals surface area contributed by atoms with Gasteiger partial charge in [-0.1, -0.05) is 27.7 Å². The van der Waals surface area contributed by atoms with Gasteiger partial charge in [0.15, 0.2) is 0 Å². The average molecular weight is 367 g/mol. The Kier molecular flexibility index (Phi) is 6.01. The van der Waals surface area contributed by atoms with Crippen molar-refractivity contribution in [2.45, 2.75) is 40.2 Å². The molecule has 0 bridgehead atoms. The number of halogens is 2. The Labute approximate surface area is 153 Å².